The van der Waals surface area contributed by atoms with Crippen LogP contribution < -0.4 is 4.74 Å². The molecule has 7 nitrogen and oxygen atoms in total. The van der Waals surface area contributed by atoms with Gasteiger partial charge in [0.05, 0.1) is 13.2 Å². The molecule has 1 atom stereocenters. The molecule has 0 bridgehead atoms. The first-order valence-corrected chi connectivity index (χ1v) is 12.1. The maximum absolute atomic E-state index is 13.4. The molecule has 2 saturated heterocycles. The summed E-state index contributed by atoms with van der Waals surface area (Å²) in [6.07, 6.45) is 5.71. The number of nitrogens with one attached hydrogen (secondary N) is 1. The predicted molar refractivity (Wildman–Crippen MR) is 127 cm³/mol. The van der Waals surface area contributed by atoms with Gasteiger partial charge >= 0.3 is 0 Å². The third-order valence-electron chi connectivity index (χ3n) is 7.16. The van der Waals surface area contributed by atoms with Crippen molar-refractivity contribution < 1.29 is 14.3 Å². The Bertz CT molecular complexity index is 1180. The molecule has 33 heavy (non-hydrogen) atoms. The first kappa shape index (κ1) is 21.0. The lowest BCUT2D eigenvalue weighted by Crippen LogP contribution is -2.52. The van der Waals surface area contributed by atoms with Crippen molar-refractivity contribution in [3.8, 4) is 16.9 Å². The molecule has 3 aromatic rings. The van der Waals surface area contributed by atoms with Crippen molar-refractivity contribution in [1.29, 1.82) is 0 Å². The maximum atomic E-state index is 13.4. The SMILES string of the molecule is O=C(C1Cc2cc(Cl)cc(-c3ccnc4[nH]ccc34)c2O1)N1CCC(N2CCOCC2)CC1. The summed E-state index contributed by atoms with van der Waals surface area (Å²) in [7, 11) is 0. The van der Waals surface area contributed by atoms with E-state index in [1.165, 1.54) is 0 Å². The van der Waals surface area contributed by atoms with E-state index in [1.807, 2.05) is 35.4 Å². The van der Waals surface area contributed by atoms with Crippen molar-refractivity contribution in [2.75, 3.05) is 39.4 Å². The second-order valence-corrected chi connectivity index (χ2v) is 9.49. The molecule has 6 rings (SSSR count). The quantitative estimate of drug-likeness (QED) is 0.639. The number of aromatic nitrogens is 2. The van der Waals surface area contributed by atoms with Gasteiger partial charge in [-0.15, -0.1) is 0 Å². The topological polar surface area (TPSA) is 70.7 Å². The molecule has 0 saturated carbocycles. The molecule has 1 amide bonds. The number of ether oxygens (including phenoxy) is 2. The molecule has 5 heterocycles. The molecule has 172 valence electrons. The summed E-state index contributed by atoms with van der Waals surface area (Å²) in [6.45, 7) is 5.16. The number of carbonyl (C=O) groups is 1. The number of amides is 1. The molecule has 0 spiro atoms. The third-order valence-corrected chi connectivity index (χ3v) is 7.38. The Morgan fingerprint density at radius 2 is 1.91 bits per heavy atom. The molecule has 8 heteroatoms. The summed E-state index contributed by atoms with van der Waals surface area (Å²) in [6, 6.07) is 8.36. The highest BCUT2D eigenvalue weighted by Gasteiger charge is 2.36. The van der Waals surface area contributed by atoms with Crippen molar-refractivity contribution in [1.82, 2.24) is 19.8 Å². The van der Waals surface area contributed by atoms with Crippen LogP contribution in [-0.2, 0) is 16.0 Å². The van der Waals surface area contributed by atoms with E-state index in [0.717, 1.165) is 85.7 Å². The highest BCUT2D eigenvalue weighted by molar-refractivity contribution is 6.31. The minimum Gasteiger partial charge on any atom is -0.479 e. The molecule has 0 aliphatic carbocycles. The number of halogens is 1. The van der Waals surface area contributed by atoms with E-state index in [9.17, 15) is 4.79 Å². The van der Waals surface area contributed by atoms with Crippen LogP contribution in [0.25, 0.3) is 22.2 Å². The molecule has 1 unspecified atom stereocenters. The Labute approximate surface area is 197 Å². The van der Waals surface area contributed by atoms with Gasteiger partial charge < -0.3 is 19.4 Å². The fourth-order valence-electron chi connectivity index (χ4n) is 5.46. The van der Waals surface area contributed by atoms with Gasteiger partial charge in [0, 0.05) is 72.6 Å². The summed E-state index contributed by atoms with van der Waals surface area (Å²) in [5.74, 6) is 0.838. The number of rotatable bonds is 3. The van der Waals surface area contributed by atoms with Crippen LogP contribution in [0.5, 0.6) is 5.75 Å². The summed E-state index contributed by atoms with van der Waals surface area (Å²) in [5, 5.41) is 1.65. The minimum absolute atomic E-state index is 0.0789. The minimum atomic E-state index is -0.499. The average Bonchev–Trinajstić information content (AvgIpc) is 3.51. The number of hydrogen-bond acceptors (Lipinski definition) is 5. The number of morpholine rings is 1. The van der Waals surface area contributed by atoms with Gasteiger partial charge in [-0.1, -0.05) is 11.6 Å². The lowest BCUT2D eigenvalue weighted by molar-refractivity contribution is -0.139. The Morgan fingerprint density at radius 3 is 2.73 bits per heavy atom. The number of fused-ring (bicyclic) bond motifs is 2. The number of carbonyl (C=O) groups excluding carboxylic acids is 1. The van der Waals surface area contributed by atoms with E-state index in [1.54, 1.807) is 6.20 Å². The number of likely N-dealkylation sites (tertiary alicyclic amines) is 1. The Hall–Kier alpha value is -2.61. The normalized spacial score (nSPS) is 21.8. The van der Waals surface area contributed by atoms with Crippen LogP contribution in [0, 0.1) is 0 Å². The zero-order valence-electron chi connectivity index (χ0n) is 18.4. The van der Waals surface area contributed by atoms with Gasteiger partial charge in [0.1, 0.15) is 11.4 Å². The van der Waals surface area contributed by atoms with Crippen LogP contribution in [0.2, 0.25) is 5.02 Å². The van der Waals surface area contributed by atoms with Gasteiger partial charge in [0.2, 0.25) is 0 Å². The van der Waals surface area contributed by atoms with Crippen molar-refractivity contribution in [3.63, 3.8) is 0 Å². The van der Waals surface area contributed by atoms with Gasteiger partial charge in [-0.25, -0.2) is 4.98 Å². The van der Waals surface area contributed by atoms with Crippen molar-refractivity contribution in [3.05, 3.63) is 47.2 Å². The number of benzene rings is 1. The Morgan fingerprint density at radius 1 is 1.09 bits per heavy atom. The molecule has 3 aliphatic heterocycles. The average molecular weight is 467 g/mol. The van der Waals surface area contributed by atoms with Crippen molar-refractivity contribution in [2.24, 2.45) is 0 Å². The van der Waals surface area contributed by atoms with E-state index >= 15 is 0 Å². The Kier molecular flexibility index (Phi) is 5.48. The molecule has 1 N–H and O–H groups in total. The molecule has 2 fully saturated rings. The van der Waals surface area contributed by atoms with Crippen molar-refractivity contribution >= 4 is 28.5 Å². The van der Waals surface area contributed by atoms with Crippen molar-refractivity contribution in [2.45, 2.75) is 31.4 Å². The van der Waals surface area contributed by atoms with E-state index in [2.05, 4.69) is 14.9 Å². The number of aromatic amines is 1. The Balaban J connectivity index is 1.20. The van der Waals surface area contributed by atoms with Gasteiger partial charge in [0.15, 0.2) is 6.10 Å². The second kappa shape index (κ2) is 8.63. The number of piperidine rings is 1. The fraction of sp³-hybridized carbons (Fsp3) is 0.440. The lowest BCUT2D eigenvalue weighted by atomic mass is 9.98. The van der Waals surface area contributed by atoms with E-state index in [-0.39, 0.29) is 5.91 Å². The molecule has 0 radical (unpaired) electrons. The van der Waals surface area contributed by atoms with Gasteiger partial charge in [-0.05, 0) is 42.7 Å². The largest absolute Gasteiger partial charge is 0.479 e. The van der Waals surface area contributed by atoms with Crippen LogP contribution in [-0.4, -0.2) is 77.2 Å². The summed E-state index contributed by atoms with van der Waals surface area (Å²) in [5.41, 5.74) is 3.71. The van der Waals surface area contributed by atoms with Gasteiger partial charge in [0.25, 0.3) is 5.91 Å². The monoisotopic (exact) mass is 466 g/mol. The number of hydrogen-bond donors (Lipinski definition) is 1. The molecule has 3 aliphatic rings. The number of nitrogens with zero attached hydrogens (tertiary/aromatic N) is 3. The third kappa shape index (κ3) is 3.88. The number of H-pyrrole nitrogens is 1. The second-order valence-electron chi connectivity index (χ2n) is 9.06. The van der Waals surface area contributed by atoms with Gasteiger partial charge in [-0.2, -0.15) is 0 Å². The van der Waals surface area contributed by atoms with Crippen LogP contribution in [0.15, 0.2) is 36.7 Å². The molecular formula is C25H27ClN4O3. The fourth-order valence-corrected chi connectivity index (χ4v) is 5.70. The van der Waals surface area contributed by atoms with Crippen LogP contribution >= 0.6 is 11.6 Å². The molecule has 1 aromatic carbocycles. The van der Waals surface area contributed by atoms with E-state index in [4.69, 9.17) is 21.1 Å². The predicted octanol–water partition coefficient (Wildman–Crippen LogP) is 3.51. The van der Waals surface area contributed by atoms with Crippen LogP contribution in [0.1, 0.15) is 18.4 Å². The van der Waals surface area contributed by atoms with E-state index < -0.39 is 6.10 Å². The summed E-state index contributed by atoms with van der Waals surface area (Å²) >= 11 is 6.48. The summed E-state index contributed by atoms with van der Waals surface area (Å²) < 4.78 is 11.8. The zero-order chi connectivity index (χ0) is 22.4. The lowest BCUT2D eigenvalue weighted by Gasteiger charge is -2.40. The first-order valence-electron chi connectivity index (χ1n) is 11.7. The molecular weight excluding hydrogens is 440 g/mol. The van der Waals surface area contributed by atoms with Crippen LogP contribution in [0.3, 0.4) is 0 Å². The van der Waals surface area contributed by atoms with E-state index in [0.29, 0.717) is 17.5 Å². The number of pyridine rings is 1. The van der Waals surface area contributed by atoms with Gasteiger partial charge in [-0.3, -0.25) is 9.69 Å². The molecule has 2 aromatic heterocycles. The zero-order valence-corrected chi connectivity index (χ0v) is 19.2. The standard InChI is InChI=1S/C25H27ClN4O3/c26-17-13-16-14-22(25(31)30-7-3-18(4-8-30)29-9-11-32-12-10-29)33-23(16)21(15-17)19-1-5-27-24-20(19)2-6-28-24/h1-2,5-6,13,15,18,22H,3-4,7-12,14H2,(H,27,28). The smallest absolute Gasteiger partial charge is 0.263 e. The highest BCUT2D eigenvalue weighted by Crippen LogP contribution is 2.43. The maximum Gasteiger partial charge on any atom is 0.263 e. The van der Waals surface area contributed by atoms with Crippen LogP contribution in [0.4, 0.5) is 0 Å². The summed E-state index contributed by atoms with van der Waals surface area (Å²) in [4.78, 5) is 25.4. The first-order chi connectivity index (χ1) is 16.2. The highest BCUT2D eigenvalue weighted by atomic mass is 35.5.